The normalized spacial score (nSPS) is 12.2. The van der Waals surface area contributed by atoms with E-state index in [1.807, 2.05) is 26.0 Å². The first-order valence-corrected chi connectivity index (χ1v) is 5.11. The summed E-state index contributed by atoms with van der Waals surface area (Å²) in [5.41, 5.74) is 7.89. The number of nitrogen functional groups attached to an aromatic ring is 1. The fourth-order valence-electron chi connectivity index (χ4n) is 1.20. The minimum absolute atomic E-state index is 0.249. The molecule has 0 amide bonds. The van der Waals surface area contributed by atoms with Gasteiger partial charge in [-0.3, -0.25) is 0 Å². The summed E-state index contributed by atoms with van der Waals surface area (Å²) in [5, 5.41) is 0. The van der Waals surface area contributed by atoms with Gasteiger partial charge in [0.05, 0.1) is 4.32 Å². The minimum atomic E-state index is -0.249. The van der Waals surface area contributed by atoms with Crippen molar-refractivity contribution >= 4 is 32.7 Å². The summed E-state index contributed by atoms with van der Waals surface area (Å²) in [6.45, 7) is 3.97. The Labute approximate surface area is 90.4 Å². The summed E-state index contributed by atoms with van der Waals surface area (Å²) in [6, 6.07) is 5.46. The summed E-state index contributed by atoms with van der Waals surface area (Å²) >= 11 is 3.50. The third-order valence-electron chi connectivity index (χ3n) is 1.92. The molecule has 14 heavy (non-hydrogen) atoms. The fourth-order valence-corrected chi connectivity index (χ4v) is 1.37. The average molecular weight is 255 g/mol. The van der Waals surface area contributed by atoms with E-state index in [1.165, 1.54) is 0 Å². The van der Waals surface area contributed by atoms with E-state index >= 15 is 0 Å². The van der Waals surface area contributed by atoms with Crippen LogP contribution in [0.4, 0.5) is 5.69 Å². The van der Waals surface area contributed by atoms with Crippen LogP contribution in [0.1, 0.15) is 19.7 Å². The van der Waals surface area contributed by atoms with Crippen LogP contribution >= 0.6 is 15.9 Å². The second kappa shape index (κ2) is 2.98. The number of hydrogen-bond acceptors (Lipinski definition) is 3. The molecule has 0 radical (unpaired) electrons. The quantitative estimate of drug-likeness (QED) is 0.629. The molecule has 0 saturated heterocycles. The van der Waals surface area contributed by atoms with Gasteiger partial charge in [-0.05, 0) is 26.0 Å². The Kier molecular flexibility index (Phi) is 2.03. The number of rotatable bonds is 1. The molecule has 4 heteroatoms. The molecule has 3 nitrogen and oxygen atoms in total. The highest BCUT2D eigenvalue weighted by Crippen LogP contribution is 2.31. The molecule has 1 aromatic carbocycles. The number of alkyl halides is 1. The Balaban J connectivity index is 2.63. The van der Waals surface area contributed by atoms with E-state index in [9.17, 15) is 0 Å². The second-order valence-electron chi connectivity index (χ2n) is 3.72. The maximum atomic E-state index is 5.64. The van der Waals surface area contributed by atoms with Crippen molar-refractivity contribution in [1.29, 1.82) is 0 Å². The summed E-state index contributed by atoms with van der Waals surface area (Å²) in [4.78, 5) is 4.36. The molecule has 0 atom stereocenters. The van der Waals surface area contributed by atoms with Gasteiger partial charge in [-0.2, -0.15) is 0 Å². The molecule has 0 aliphatic rings. The van der Waals surface area contributed by atoms with Crippen LogP contribution in [0, 0.1) is 0 Å². The molecule has 0 bridgehead atoms. The van der Waals surface area contributed by atoms with Gasteiger partial charge < -0.3 is 10.2 Å². The third-order valence-corrected chi connectivity index (χ3v) is 2.26. The van der Waals surface area contributed by atoms with Crippen molar-refractivity contribution in [1.82, 2.24) is 4.98 Å². The molecule has 1 heterocycles. The molecular weight excluding hydrogens is 244 g/mol. The lowest BCUT2D eigenvalue weighted by Gasteiger charge is -2.09. The molecule has 74 valence electrons. The number of oxazole rings is 1. The molecule has 2 rings (SSSR count). The van der Waals surface area contributed by atoms with Crippen LogP contribution in [0.5, 0.6) is 0 Å². The van der Waals surface area contributed by atoms with E-state index in [0.29, 0.717) is 11.6 Å². The van der Waals surface area contributed by atoms with Gasteiger partial charge in [0, 0.05) is 11.8 Å². The average Bonchev–Trinajstić information content (AvgIpc) is 2.45. The van der Waals surface area contributed by atoms with E-state index in [0.717, 1.165) is 11.1 Å². The van der Waals surface area contributed by atoms with Gasteiger partial charge in [-0.25, -0.2) is 4.98 Å². The SMILES string of the molecule is CC(C)(Br)c1nc2ccc(N)cc2o1. The fraction of sp³-hybridized carbons (Fsp3) is 0.300. The smallest absolute Gasteiger partial charge is 0.211 e. The second-order valence-corrected chi connectivity index (χ2v) is 5.70. The lowest BCUT2D eigenvalue weighted by Crippen LogP contribution is -2.06. The highest BCUT2D eigenvalue weighted by molar-refractivity contribution is 9.09. The Morgan fingerprint density at radius 1 is 1.43 bits per heavy atom. The van der Waals surface area contributed by atoms with Crippen molar-refractivity contribution < 1.29 is 4.42 Å². The van der Waals surface area contributed by atoms with Crippen molar-refractivity contribution in [3.8, 4) is 0 Å². The number of anilines is 1. The van der Waals surface area contributed by atoms with Crippen molar-refractivity contribution in [2.24, 2.45) is 0 Å². The molecule has 1 aromatic heterocycles. The van der Waals surface area contributed by atoms with Gasteiger partial charge in [0.25, 0.3) is 0 Å². The molecule has 2 N–H and O–H groups in total. The number of hydrogen-bond donors (Lipinski definition) is 1. The zero-order valence-corrected chi connectivity index (χ0v) is 9.63. The number of nitrogens with two attached hydrogens (primary N) is 1. The first-order valence-electron chi connectivity index (χ1n) is 4.32. The Morgan fingerprint density at radius 2 is 2.14 bits per heavy atom. The van der Waals surface area contributed by atoms with Crippen LogP contribution in [0.2, 0.25) is 0 Å². The predicted octanol–water partition coefficient (Wildman–Crippen LogP) is 3.04. The van der Waals surface area contributed by atoms with Gasteiger partial charge in [0.15, 0.2) is 5.58 Å². The number of fused-ring (bicyclic) bond motifs is 1. The van der Waals surface area contributed by atoms with E-state index in [4.69, 9.17) is 10.2 Å². The Morgan fingerprint density at radius 3 is 2.79 bits per heavy atom. The van der Waals surface area contributed by atoms with E-state index in [-0.39, 0.29) is 4.32 Å². The molecular formula is C10H11BrN2O. The highest BCUT2D eigenvalue weighted by Gasteiger charge is 2.22. The van der Waals surface area contributed by atoms with Gasteiger partial charge in [-0.15, -0.1) is 0 Å². The maximum Gasteiger partial charge on any atom is 0.211 e. The summed E-state index contributed by atoms with van der Waals surface area (Å²) in [6.07, 6.45) is 0. The highest BCUT2D eigenvalue weighted by atomic mass is 79.9. The monoisotopic (exact) mass is 254 g/mol. The van der Waals surface area contributed by atoms with Crippen LogP contribution < -0.4 is 5.73 Å². The van der Waals surface area contributed by atoms with Crippen molar-refractivity contribution in [3.63, 3.8) is 0 Å². The van der Waals surface area contributed by atoms with Crippen molar-refractivity contribution in [2.75, 3.05) is 5.73 Å². The molecule has 0 spiro atoms. The van der Waals surface area contributed by atoms with Crippen LogP contribution in [-0.2, 0) is 4.32 Å². The zero-order valence-electron chi connectivity index (χ0n) is 8.04. The van der Waals surface area contributed by atoms with Crippen LogP contribution in [-0.4, -0.2) is 4.98 Å². The topological polar surface area (TPSA) is 52.0 Å². The molecule has 0 aliphatic carbocycles. The lowest BCUT2D eigenvalue weighted by molar-refractivity contribution is 0.485. The van der Waals surface area contributed by atoms with E-state index in [1.54, 1.807) is 6.07 Å². The maximum absolute atomic E-state index is 5.64. The molecule has 0 fully saturated rings. The molecule has 0 unspecified atom stereocenters. The van der Waals surface area contributed by atoms with Crippen molar-refractivity contribution in [3.05, 3.63) is 24.1 Å². The molecule has 0 saturated carbocycles. The molecule has 0 aliphatic heterocycles. The number of halogens is 1. The number of nitrogens with zero attached hydrogens (tertiary/aromatic N) is 1. The number of aromatic nitrogens is 1. The predicted molar refractivity (Wildman–Crippen MR) is 60.4 cm³/mol. The molecule has 2 aromatic rings. The van der Waals surface area contributed by atoms with Gasteiger partial charge >= 0.3 is 0 Å². The Bertz CT molecular complexity index is 470. The number of benzene rings is 1. The standard InChI is InChI=1S/C10H11BrN2O/c1-10(2,11)9-13-7-4-3-6(12)5-8(7)14-9/h3-5H,12H2,1-2H3. The summed E-state index contributed by atoms with van der Waals surface area (Å²) < 4.78 is 5.33. The summed E-state index contributed by atoms with van der Waals surface area (Å²) in [5.74, 6) is 0.665. The lowest BCUT2D eigenvalue weighted by atomic mass is 10.2. The van der Waals surface area contributed by atoms with Gasteiger partial charge in [0.2, 0.25) is 5.89 Å². The minimum Gasteiger partial charge on any atom is -0.439 e. The van der Waals surface area contributed by atoms with Gasteiger partial charge in [0.1, 0.15) is 5.52 Å². The van der Waals surface area contributed by atoms with E-state index < -0.39 is 0 Å². The van der Waals surface area contributed by atoms with Crippen LogP contribution in [0.25, 0.3) is 11.1 Å². The van der Waals surface area contributed by atoms with Crippen LogP contribution in [0.3, 0.4) is 0 Å². The Hall–Kier alpha value is -1.03. The zero-order chi connectivity index (χ0) is 10.3. The van der Waals surface area contributed by atoms with Gasteiger partial charge in [-0.1, -0.05) is 15.9 Å². The largest absolute Gasteiger partial charge is 0.439 e. The van der Waals surface area contributed by atoms with Crippen molar-refractivity contribution in [2.45, 2.75) is 18.2 Å². The first-order chi connectivity index (χ1) is 6.47. The third kappa shape index (κ3) is 1.62. The summed E-state index contributed by atoms with van der Waals surface area (Å²) in [7, 11) is 0. The van der Waals surface area contributed by atoms with Crippen LogP contribution in [0.15, 0.2) is 22.6 Å². The first kappa shape index (κ1) is 9.52. The van der Waals surface area contributed by atoms with E-state index in [2.05, 4.69) is 20.9 Å².